The van der Waals surface area contributed by atoms with Gasteiger partial charge in [0, 0.05) is 0 Å². The van der Waals surface area contributed by atoms with Crippen LogP contribution in [0.15, 0.2) is 24.3 Å². The van der Waals surface area contributed by atoms with E-state index >= 15 is 0 Å². The van der Waals surface area contributed by atoms with Crippen LogP contribution in [0.25, 0.3) is 0 Å². The van der Waals surface area contributed by atoms with E-state index in [1.165, 1.54) is 7.11 Å². The van der Waals surface area contributed by atoms with Gasteiger partial charge in [-0.1, -0.05) is 25.7 Å². The molecule has 0 aromatic carbocycles. The highest BCUT2D eigenvalue weighted by molar-refractivity contribution is 5.90. The zero-order valence-corrected chi connectivity index (χ0v) is 6.39. The van der Waals surface area contributed by atoms with Crippen LogP contribution in [0.3, 0.4) is 0 Å². The van der Waals surface area contributed by atoms with Gasteiger partial charge in [-0.15, -0.1) is 0 Å². The Balaban J connectivity index is 3.85. The summed E-state index contributed by atoms with van der Waals surface area (Å²) in [7, 11) is 1.34. The summed E-state index contributed by atoms with van der Waals surface area (Å²) in [6.07, 6.45) is 4.42. The summed E-state index contributed by atoms with van der Waals surface area (Å²) in [6.45, 7) is 5.49. The number of carbonyl (C=O) groups is 1. The highest BCUT2D eigenvalue weighted by atomic mass is 16.5. The summed E-state index contributed by atoms with van der Waals surface area (Å²) in [6, 6.07) is 0. The van der Waals surface area contributed by atoms with E-state index in [4.69, 9.17) is 0 Å². The van der Waals surface area contributed by atoms with Crippen LogP contribution in [-0.2, 0) is 9.53 Å². The molecule has 0 N–H and O–H groups in total. The zero-order valence-electron chi connectivity index (χ0n) is 6.39. The molecule has 0 amide bonds. The number of rotatable bonds is 3. The number of hydrogen-bond donors (Lipinski definition) is 0. The van der Waals surface area contributed by atoms with Gasteiger partial charge in [0.15, 0.2) is 0 Å². The van der Waals surface area contributed by atoms with E-state index in [0.29, 0.717) is 5.57 Å². The lowest BCUT2D eigenvalue weighted by molar-refractivity contribution is -0.135. The molecule has 2 heteroatoms. The van der Waals surface area contributed by atoms with Crippen LogP contribution in [0.4, 0.5) is 0 Å². The molecule has 0 saturated carbocycles. The predicted molar refractivity (Wildman–Crippen MR) is 40.6 cm³/mol. The van der Waals surface area contributed by atoms with Crippen molar-refractivity contribution < 1.29 is 9.53 Å². The van der Waals surface area contributed by atoms with Gasteiger partial charge in [-0.2, -0.15) is 0 Å². The summed E-state index contributed by atoms with van der Waals surface area (Å²) in [5, 5.41) is 0. The van der Waals surface area contributed by atoms with Crippen molar-refractivity contribution in [2.24, 2.45) is 0 Å². The summed E-state index contributed by atoms with van der Waals surface area (Å²) in [5.74, 6) is -0.371. The molecule has 0 spiro atoms. The van der Waals surface area contributed by atoms with Gasteiger partial charge in [0.25, 0.3) is 0 Å². The van der Waals surface area contributed by atoms with E-state index in [9.17, 15) is 4.79 Å². The second-order valence-electron chi connectivity index (χ2n) is 1.83. The van der Waals surface area contributed by atoms with E-state index < -0.39 is 0 Å². The number of carbonyl (C=O) groups excluding carboxylic acids is 1. The third-order valence-corrected chi connectivity index (χ3v) is 1.00. The second kappa shape index (κ2) is 4.79. The molecule has 0 aromatic rings. The minimum absolute atomic E-state index is 0.371. The van der Waals surface area contributed by atoms with Crippen molar-refractivity contribution in [2.45, 2.75) is 13.3 Å². The molecule has 0 heterocycles. The van der Waals surface area contributed by atoms with E-state index in [0.717, 1.165) is 6.42 Å². The third kappa shape index (κ3) is 3.07. The second-order valence-corrected chi connectivity index (χ2v) is 1.83. The fourth-order valence-electron chi connectivity index (χ4n) is 0.459. The molecule has 0 atom stereocenters. The maximum atomic E-state index is 10.6. The Morgan fingerprint density at radius 3 is 2.70 bits per heavy atom. The summed E-state index contributed by atoms with van der Waals surface area (Å²) < 4.78 is 4.42. The molecule has 0 bridgehead atoms. The average molecular weight is 140 g/mol. The Labute approximate surface area is 61.2 Å². The third-order valence-electron chi connectivity index (χ3n) is 1.00. The van der Waals surface area contributed by atoms with E-state index in [2.05, 4.69) is 11.3 Å². The standard InChI is InChI=1S/C8H12O2/c1-4-5-6-7(2)8(9)10-3/h5-6H,2,4H2,1,3H3. The minimum Gasteiger partial charge on any atom is -0.465 e. The van der Waals surface area contributed by atoms with Crippen molar-refractivity contribution in [3.8, 4) is 0 Å². The van der Waals surface area contributed by atoms with Crippen molar-refractivity contribution in [2.75, 3.05) is 7.11 Å². The maximum absolute atomic E-state index is 10.6. The maximum Gasteiger partial charge on any atom is 0.337 e. The van der Waals surface area contributed by atoms with Crippen molar-refractivity contribution in [1.82, 2.24) is 0 Å². The van der Waals surface area contributed by atoms with E-state index in [1.807, 2.05) is 13.0 Å². The molecule has 0 fully saturated rings. The van der Waals surface area contributed by atoms with E-state index in [1.54, 1.807) is 6.08 Å². The molecular weight excluding hydrogens is 128 g/mol. The van der Waals surface area contributed by atoms with Gasteiger partial charge < -0.3 is 4.74 Å². The first-order chi connectivity index (χ1) is 4.72. The van der Waals surface area contributed by atoms with Crippen molar-refractivity contribution in [1.29, 1.82) is 0 Å². The van der Waals surface area contributed by atoms with Crippen LogP contribution >= 0.6 is 0 Å². The van der Waals surface area contributed by atoms with Crippen LogP contribution < -0.4 is 0 Å². The van der Waals surface area contributed by atoms with Crippen molar-refractivity contribution >= 4 is 5.97 Å². The van der Waals surface area contributed by atoms with Crippen LogP contribution in [0.1, 0.15) is 13.3 Å². The number of methoxy groups -OCH3 is 1. The fourth-order valence-corrected chi connectivity index (χ4v) is 0.459. The molecule has 10 heavy (non-hydrogen) atoms. The first-order valence-electron chi connectivity index (χ1n) is 3.16. The molecule has 0 aliphatic rings. The highest BCUT2D eigenvalue weighted by Gasteiger charge is 1.99. The van der Waals surface area contributed by atoms with Gasteiger partial charge in [0.2, 0.25) is 0 Å². The Kier molecular flexibility index (Phi) is 4.29. The largest absolute Gasteiger partial charge is 0.465 e. The van der Waals surface area contributed by atoms with Crippen molar-refractivity contribution in [3.63, 3.8) is 0 Å². The Morgan fingerprint density at radius 2 is 2.30 bits per heavy atom. The average Bonchev–Trinajstić information content (AvgIpc) is 1.98. The van der Waals surface area contributed by atoms with Crippen LogP contribution in [-0.4, -0.2) is 13.1 Å². The monoisotopic (exact) mass is 140 g/mol. The first kappa shape index (κ1) is 8.95. The fraction of sp³-hybridized carbons (Fsp3) is 0.375. The molecule has 0 radical (unpaired) electrons. The quantitative estimate of drug-likeness (QED) is 0.338. The van der Waals surface area contributed by atoms with Gasteiger partial charge in [0.1, 0.15) is 0 Å². The highest BCUT2D eigenvalue weighted by Crippen LogP contribution is 1.95. The van der Waals surface area contributed by atoms with Gasteiger partial charge >= 0.3 is 5.97 Å². The lowest BCUT2D eigenvalue weighted by atomic mass is 10.2. The lowest BCUT2D eigenvalue weighted by Crippen LogP contribution is -2.00. The number of hydrogen-bond acceptors (Lipinski definition) is 2. The lowest BCUT2D eigenvalue weighted by Gasteiger charge is -1.94. The van der Waals surface area contributed by atoms with Gasteiger partial charge in [0.05, 0.1) is 12.7 Å². The SMILES string of the molecule is C=C(C=CCC)C(=O)OC. The molecule has 0 aliphatic carbocycles. The normalized spacial score (nSPS) is 9.80. The number of esters is 1. The number of allylic oxidation sites excluding steroid dienone is 1. The van der Waals surface area contributed by atoms with Gasteiger partial charge in [-0.05, 0) is 6.42 Å². The predicted octanol–water partition coefficient (Wildman–Crippen LogP) is 1.68. The smallest absolute Gasteiger partial charge is 0.337 e. The summed E-state index contributed by atoms with van der Waals surface area (Å²) in [4.78, 5) is 10.6. The molecular formula is C8H12O2. The summed E-state index contributed by atoms with van der Waals surface area (Å²) >= 11 is 0. The molecule has 56 valence electrons. The van der Waals surface area contributed by atoms with Gasteiger partial charge in [-0.3, -0.25) is 0 Å². The minimum atomic E-state index is -0.371. The Bertz CT molecular complexity index is 157. The molecule has 0 saturated heterocycles. The molecule has 0 aromatic heterocycles. The molecule has 2 nitrogen and oxygen atoms in total. The molecule has 0 rings (SSSR count). The molecule has 0 aliphatic heterocycles. The van der Waals surface area contributed by atoms with Crippen LogP contribution in [0.5, 0.6) is 0 Å². The molecule has 0 unspecified atom stereocenters. The van der Waals surface area contributed by atoms with Gasteiger partial charge in [-0.25, -0.2) is 4.79 Å². The topological polar surface area (TPSA) is 26.3 Å². The Hall–Kier alpha value is -1.05. The Morgan fingerprint density at radius 1 is 1.70 bits per heavy atom. The zero-order chi connectivity index (χ0) is 7.98. The van der Waals surface area contributed by atoms with Crippen molar-refractivity contribution in [3.05, 3.63) is 24.3 Å². The van der Waals surface area contributed by atoms with Crippen LogP contribution in [0, 0.1) is 0 Å². The first-order valence-corrected chi connectivity index (χ1v) is 3.16. The van der Waals surface area contributed by atoms with Crippen LogP contribution in [0.2, 0.25) is 0 Å². The summed E-state index contributed by atoms with van der Waals surface area (Å²) in [5.41, 5.74) is 0.393. The number of ether oxygens (including phenoxy) is 1. The van der Waals surface area contributed by atoms with E-state index in [-0.39, 0.29) is 5.97 Å².